The molecule has 0 bridgehead atoms. The molecule has 1 saturated heterocycles. The molecule has 1 N–H and O–H groups in total. The van der Waals surface area contributed by atoms with Crippen molar-refractivity contribution < 1.29 is 14.3 Å². The fourth-order valence-electron chi connectivity index (χ4n) is 3.98. The van der Waals surface area contributed by atoms with E-state index in [4.69, 9.17) is 14.6 Å². The third kappa shape index (κ3) is 5.78. The lowest BCUT2D eigenvalue weighted by molar-refractivity contribution is -0.121. The monoisotopic (exact) mass is 392 g/mol. The Labute approximate surface area is 168 Å². The summed E-state index contributed by atoms with van der Waals surface area (Å²) in [7, 11) is 2.15. The van der Waals surface area contributed by atoms with Crippen molar-refractivity contribution in [1.29, 1.82) is 0 Å². The first kappa shape index (κ1) is 21.3. The number of amides is 1. The standard InChI is InChI=1S/C21H36N4O3/c1-16(2)25-20-9-14-27-15-18(20)19(23-25)5-6-21(26)22-10-4-13-28-17-7-11-24(3)12-8-17/h16-17H,4-15H2,1-3H3,(H,22,26). The fraction of sp³-hybridized carbons (Fsp3) is 0.810. The van der Waals surface area contributed by atoms with Crippen molar-refractivity contribution in [2.24, 2.45) is 0 Å². The molecule has 0 unspecified atom stereocenters. The summed E-state index contributed by atoms with van der Waals surface area (Å²) >= 11 is 0. The Hall–Kier alpha value is -1.44. The predicted octanol–water partition coefficient (Wildman–Crippen LogP) is 2.09. The average Bonchev–Trinajstić information content (AvgIpc) is 3.07. The number of rotatable bonds is 9. The molecule has 3 heterocycles. The fourth-order valence-corrected chi connectivity index (χ4v) is 3.98. The molecule has 7 heteroatoms. The van der Waals surface area contributed by atoms with Gasteiger partial charge in [-0.3, -0.25) is 9.48 Å². The number of carbonyl (C=O) groups is 1. The van der Waals surface area contributed by atoms with E-state index < -0.39 is 0 Å². The number of hydrogen-bond acceptors (Lipinski definition) is 5. The number of fused-ring (bicyclic) bond motifs is 1. The Morgan fingerprint density at radius 1 is 1.36 bits per heavy atom. The van der Waals surface area contributed by atoms with Crippen molar-refractivity contribution in [3.63, 3.8) is 0 Å². The van der Waals surface area contributed by atoms with Crippen LogP contribution >= 0.6 is 0 Å². The zero-order valence-electron chi connectivity index (χ0n) is 17.7. The van der Waals surface area contributed by atoms with Gasteiger partial charge in [0, 0.05) is 62.8 Å². The molecule has 1 amide bonds. The van der Waals surface area contributed by atoms with E-state index in [1.54, 1.807) is 0 Å². The molecular formula is C21H36N4O3. The van der Waals surface area contributed by atoms with Crippen LogP contribution in [-0.2, 0) is 33.7 Å². The summed E-state index contributed by atoms with van der Waals surface area (Å²) in [6.45, 7) is 9.29. The van der Waals surface area contributed by atoms with Crippen LogP contribution in [-0.4, -0.2) is 66.6 Å². The smallest absolute Gasteiger partial charge is 0.220 e. The summed E-state index contributed by atoms with van der Waals surface area (Å²) < 4.78 is 13.6. The molecule has 0 saturated carbocycles. The summed E-state index contributed by atoms with van der Waals surface area (Å²) in [6, 6.07) is 0.332. The van der Waals surface area contributed by atoms with Crippen molar-refractivity contribution in [2.45, 2.75) is 71.1 Å². The topological polar surface area (TPSA) is 68.6 Å². The van der Waals surface area contributed by atoms with Crippen molar-refractivity contribution in [3.8, 4) is 0 Å². The normalized spacial score (nSPS) is 18.4. The van der Waals surface area contributed by atoms with Crippen molar-refractivity contribution >= 4 is 5.91 Å². The minimum Gasteiger partial charge on any atom is -0.378 e. The summed E-state index contributed by atoms with van der Waals surface area (Å²) in [6.07, 6.45) is 5.52. The first-order valence-corrected chi connectivity index (χ1v) is 10.8. The zero-order chi connectivity index (χ0) is 19.9. The Bertz CT molecular complexity index is 636. The van der Waals surface area contributed by atoms with Gasteiger partial charge in [-0.1, -0.05) is 0 Å². The molecule has 0 spiro atoms. The number of likely N-dealkylation sites (tertiary alicyclic amines) is 1. The highest BCUT2D eigenvalue weighted by Crippen LogP contribution is 2.24. The molecule has 28 heavy (non-hydrogen) atoms. The Morgan fingerprint density at radius 3 is 2.89 bits per heavy atom. The van der Waals surface area contributed by atoms with Gasteiger partial charge in [-0.15, -0.1) is 0 Å². The van der Waals surface area contributed by atoms with Gasteiger partial charge in [0.05, 0.1) is 25.0 Å². The lowest BCUT2D eigenvalue weighted by atomic mass is 10.1. The van der Waals surface area contributed by atoms with Gasteiger partial charge in [0.1, 0.15) is 0 Å². The van der Waals surface area contributed by atoms with Crippen molar-refractivity contribution in [2.75, 3.05) is 39.9 Å². The number of nitrogens with one attached hydrogen (secondary N) is 1. The molecule has 0 aliphatic carbocycles. The second kappa shape index (κ2) is 10.4. The Morgan fingerprint density at radius 2 is 2.14 bits per heavy atom. The Kier molecular flexibility index (Phi) is 7.88. The van der Waals surface area contributed by atoms with Gasteiger partial charge in [-0.25, -0.2) is 0 Å². The van der Waals surface area contributed by atoms with Gasteiger partial charge in [-0.05, 0) is 40.2 Å². The Balaban J connectivity index is 1.34. The van der Waals surface area contributed by atoms with E-state index in [1.165, 1.54) is 11.3 Å². The maximum absolute atomic E-state index is 12.2. The van der Waals surface area contributed by atoms with E-state index in [-0.39, 0.29) is 5.91 Å². The molecule has 0 radical (unpaired) electrons. The molecule has 7 nitrogen and oxygen atoms in total. The van der Waals surface area contributed by atoms with Crippen molar-refractivity contribution in [1.82, 2.24) is 20.0 Å². The summed E-state index contributed by atoms with van der Waals surface area (Å²) in [5.74, 6) is 0.0869. The summed E-state index contributed by atoms with van der Waals surface area (Å²) in [5.41, 5.74) is 3.49. The molecule has 2 aliphatic rings. The third-order valence-corrected chi connectivity index (χ3v) is 5.67. The maximum atomic E-state index is 12.2. The quantitative estimate of drug-likeness (QED) is 0.652. The number of ether oxygens (including phenoxy) is 2. The second-order valence-corrected chi connectivity index (χ2v) is 8.29. The number of nitrogens with zero attached hydrogens (tertiary/aromatic N) is 3. The van der Waals surface area contributed by atoms with Crippen LogP contribution in [0, 0.1) is 0 Å². The van der Waals surface area contributed by atoms with Gasteiger partial charge < -0.3 is 19.7 Å². The number of piperidine rings is 1. The van der Waals surface area contributed by atoms with Crippen LogP contribution in [0.25, 0.3) is 0 Å². The van der Waals surface area contributed by atoms with Crippen molar-refractivity contribution in [3.05, 3.63) is 17.0 Å². The zero-order valence-corrected chi connectivity index (χ0v) is 17.7. The number of hydrogen-bond donors (Lipinski definition) is 1. The highest BCUT2D eigenvalue weighted by Gasteiger charge is 2.22. The maximum Gasteiger partial charge on any atom is 0.220 e. The highest BCUT2D eigenvalue weighted by atomic mass is 16.5. The van der Waals surface area contributed by atoms with E-state index in [0.717, 1.165) is 57.7 Å². The molecule has 3 rings (SSSR count). The SMILES string of the molecule is CC(C)n1nc(CCC(=O)NCCCOC2CCN(C)CC2)c2c1CCOC2. The number of aryl methyl sites for hydroxylation is 1. The number of aromatic nitrogens is 2. The predicted molar refractivity (Wildman–Crippen MR) is 108 cm³/mol. The molecular weight excluding hydrogens is 356 g/mol. The van der Waals surface area contributed by atoms with Gasteiger partial charge >= 0.3 is 0 Å². The minimum absolute atomic E-state index is 0.0869. The van der Waals surface area contributed by atoms with Gasteiger partial charge in [0.25, 0.3) is 0 Å². The lowest BCUT2D eigenvalue weighted by Gasteiger charge is -2.28. The highest BCUT2D eigenvalue weighted by molar-refractivity contribution is 5.76. The molecule has 1 aromatic rings. The van der Waals surface area contributed by atoms with Crippen LogP contribution in [0.2, 0.25) is 0 Å². The second-order valence-electron chi connectivity index (χ2n) is 8.29. The molecule has 1 fully saturated rings. The number of carbonyl (C=O) groups excluding carboxylic acids is 1. The summed E-state index contributed by atoms with van der Waals surface area (Å²) in [5, 5.41) is 7.78. The van der Waals surface area contributed by atoms with Crippen LogP contribution in [0.1, 0.15) is 62.5 Å². The molecule has 0 aromatic carbocycles. The largest absolute Gasteiger partial charge is 0.378 e. The van der Waals surface area contributed by atoms with E-state index in [9.17, 15) is 4.79 Å². The van der Waals surface area contributed by atoms with E-state index >= 15 is 0 Å². The van der Waals surface area contributed by atoms with Crippen LogP contribution in [0.4, 0.5) is 0 Å². The molecule has 0 atom stereocenters. The first-order valence-electron chi connectivity index (χ1n) is 10.8. The van der Waals surface area contributed by atoms with E-state index in [2.05, 4.69) is 35.8 Å². The van der Waals surface area contributed by atoms with Crippen LogP contribution in [0.3, 0.4) is 0 Å². The minimum atomic E-state index is 0.0869. The molecule has 2 aliphatic heterocycles. The van der Waals surface area contributed by atoms with Crippen LogP contribution < -0.4 is 5.32 Å². The lowest BCUT2D eigenvalue weighted by Crippen LogP contribution is -2.34. The average molecular weight is 393 g/mol. The van der Waals surface area contributed by atoms with Gasteiger partial charge in [0.2, 0.25) is 5.91 Å². The van der Waals surface area contributed by atoms with Gasteiger partial charge in [-0.2, -0.15) is 5.10 Å². The van der Waals surface area contributed by atoms with Crippen LogP contribution in [0.15, 0.2) is 0 Å². The van der Waals surface area contributed by atoms with Crippen LogP contribution in [0.5, 0.6) is 0 Å². The van der Waals surface area contributed by atoms with E-state index in [1.807, 2.05) is 0 Å². The molecule has 1 aromatic heterocycles. The van der Waals surface area contributed by atoms with E-state index in [0.29, 0.717) is 38.1 Å². The van der Waals surface area contributed by atoms with Gasteiger partial charge in [0.15, 0.2) is 0 Å². The first-order chi connectivity index (χ1) is 13.5. The third-order valence-electron chi connectivity index (χ3n) is 5.67. The molecule has 158 valence electrons. The summed E-state index contributed by atoms with van der Waals surface area (Å²) in [4.78, 5) is 14.5.